The first-order chi connectivity index (χ1) is 13.3. The second kappa shape index (κ2) is 5.97. The lowest BCUT2D eigenvalue weighted by atomic mass is 9.89. The van der Waals surface area contributed by atoms with Gasteiger partial charge in [-0.1, -0.05) is 23.2 Å². The van der Waals surface area contributed by atoms with E-state index in [4.69, 9.17) is 23.2 Å². The van der Waals surface area contributed by atoms with E-state index in [0.717, 1.165) is 22.5 Å². The molecule has 2 aromatic heterocycles. The van der Waals surface area contributed by atoms with Crippen molar-refractivity contribution in [3.8, 4) is 0 Å². The molecule has 4 aromatic rings. The summed E-state index contributed by atoms with van der Waals surface area (Å²) in [5.41, 5.74) is 5.85. The number of aromatic amines is 2. The van der Waals surface area contributed by atoms with E-state index in [2.05, 4.69) is 9.97 Å². The van der Waals surface area contributed by atoms with E-state index >= 15 is 0 Å². The maximum Gasteiger partial charge on any atom is 0.193 e. The van der Waals surface area contributed by atoms with Gasteiger partial charge in [-0.25, -0.2) is 0 Å². The van der Waals surface area contributed by atoms with Crippen molar-refractivity contribution < 1.29 is 0 Å². The number of benzene rings is 2. The van der Waals surface area contributed by atoms with Gasteiger partial charge in [0.15, 0.2) is 10.9 Å². The van der Waals surface area contributed by atoms with Gasteiger partial charge >= 0.3 is 0 Å². The molecular formula is C22H16Cl2N2O2. The summed E-state index contributed by atoms with van der Waals surface area (Å²) in [6.45, 7) is 3.82. The maximum atomic E-state index is 13.2. The normalized spacial score (nSPS) is 13.0. The van der Waals surface area contributed by atoms with Gasteiger partial charge in [0.05, 0.1) is 21.1 Å². The van der Waals surface area contributed by atoms with E-state index in [-0.39, 0.29) is 10.9 Å². The summed E-state index contributed by atoms with van der Waals surface area (Å²) in [4.78, 5) is 32.9. The Hall–Kier alpha value is -2.56. The fraction of sp³-hybridized carbons (Fsp3) is 0.182. The third-order valence-corrected chi connectivity index (χ3v) is 6.09. The Labute approximate surface area is 170 Å². The molecule has 0 atom stereocenters. The molecule has 0 amide bonds. The summed E-state index contributed by atoms with van der Waals surface area (Å²) < 4.78 is 0. The van der Waals surface area contributed by atoms with E-state index in [1.807, 2.05) is 38.1 Å². The Morgan fingerprint density at radius 3 is 1.50 bits per heavy atom. The average molecular weight is 411 g/mol. The van der Waals surface area contributed by atoms with Crippen molar-refractivity contribution in [3.05, 3.63) is 88.4 Å². The first-order valence-electron chi connectivity index (χ1n) is 9.01. The molecule has 140 valence electrons. The number of fused-ring (bicyclic) bond motifs is 4. The van der Waals surface area contributed by atoms with Crippen molar-refractivity contribution in [2.75, 3.05) is 0 Å². The molecule has 0 aliphatic heterocycles. The van der Waals surface area contributed by atoms with Crippen molar-refractivity contribution in [2.24, 2.45) is 0 Å². The van der Waals surface area contributed by atoms with Crippen LogP contribution in [0.1, 0.15) is 33.6 Å². The minimum absolute atomic E-state index is 0.0454. The number of rotatable bonds is 0. The highest BCUT2D eigenvalue weighted by Gasteiger charge is 2.25. The average Bonchev–Trinajstić information content (AvgIpc) is 2.63. The smallest absolute Gasteiger partial charge is 0.193 e. The van der Waals surface area contributed by atoms with Crippen LogP contribution in [-0.2, 0) is 12.8 Å². The number of H-pyrrole nitrogens is 2. The van der Waals surface area contributed by atoms with Gasteiger partial charge in [-0.05, 0) is 49.2 Å². The Kier molecular flexibility index (Phi) is 3.74. The van der Waals surface area contributed by atoms with E-state index in [1.165, 1.54) is 0 Å². The lowest BCUT2D eigenvalue weighted by molar-refractivity contribution is 0.905. The van der Waals surface area contributed by atoms with Gasteiger partial charge in [0, 0.05) is 46.1 Å². The van der Waals surface area contributed by atoms with Crippen molar-refractivity contribution in [1.29, 1.82) is 0 Å². The van der Waals surface area contributed by atoms with Crippen molar-refractivity contribution in [3.63, 3.8) is 0 Å². The zero-order valence-electron chi connectivity index (χ0n) is 15.3. The zero-order valence-corrected chi connectivity index (χ0v) is 16.8. The zero-order chi connectivity index (χ0) is 19.7. The van der Waals surface area contributed by atoms with E-state index in [9.17, 15) is 9.59 Å². The Morgan fingerprint density at radius 2 is 1.11 bits per heavy atom. The van der Waals surface area contributed by atoms with Gasteiger partial charge < -0.3 is 9.97 Å². The second-order valence-corrected chi connectivity index (χ2v) is 8.33. The van der Waals surface area contributed by atoms with Crippen LogP contribution in [0, 0.1) is 13.8 Å². The molecule has 6 heteroatoms. The third kappa shape index (κ3) is 2.45. The highest BCUT2D eigenvalue weighted by Crippen LogP contribution is 2.29. The van der Waals surface area contributed by atoms with Crippen LogP contribution >= 0.6 is 23.2 Å². The molecule has 0 fully saturated rings. The summed E-state index contributed by atoms with van der Waals surface area (Å²) >= 11 is 12.7. The molecule has 0 unspecified atom stereocenters. The predicted molar refractivity (Wildman–Crippen MR) is 114 cm³/mol. The number of hydrogen-bond acceptors (Lipinski definition) is 2. The maximum absolute atomic E-state index is 13.2. The summed E-state index contributed by atoms with van der Waals surface area (Å²) in [7, 11) is 0. The van der Waals surface area contributed by atoms with E-state index < -0.39 is 0 Å². The second-order valence-electron chi connectivity index (χ2n) is 7.51. The van der Waals surface area contributed by atoms with Gasteiger partial charge in [0.25, 0.3) is 0 Å². The molecular weight excluding hydrogens is 395 g/mol. The minimum atomic E-state index is -0.0454. The van der Waals surface area contributed by atoms with Gasteiger partial charge in [0.2, 0.25) is 0 Å². The Bertz CT molecular complexity index is 1340. The largest absolute Gasteiger partial charge is 0.356 e. The molecule has 0 saturated carbocycles. The summed E-state index contributed by atoms with van der Waals surface area (Å²) in [6.07, 6.45) is 0.716. The number of hydrogen-bond donors (Lipinski definition) is 2. The fourth-order valence-electron chi connectivity index (χ4n) is 4.18. The van der Waals surface area contributed by atoms with Crippen LogP contribution in [0.3, 0.4) is 0 Å². The SMILES string of the molecule is Cc1cc(Cl)c2[nH]c3c(c(=O)c2c1)Cc1[nH]c2c(Cl)cc(C)cc2c(=O)c1C3. The first-order valence-corrected chi connectivity index (χ1v) is 9.77. The highest BCUT2D eigenvalue weighted by molar-refractivity contribution is 6.35. The van der Waals surface area contributed by atoms with Crippen LogP contribution < -0.4 is 10.9 Å². The fourth-order valence-corrected chi connectivity index (χ4v) is 4.82. The first kappa shape index (κ1) is 17.5. The van der Waals surface area contributed by atoms with Crippen LogP contribution in [0.15, 0.2) is 33.9 Å². The van der Waals surface area contributed by atoms with Crippen LogP contribution in [0.5, 0.6) is 0 Å². The Morgan fingerprint density at radius 1 is 0.714 bits per heavy atom. The lowest BCUT2D eigenvalue weighted by Crippen LogP contribution is -2.26. The summed E-state index contributed by atoms with van der Waals surface area (Å²) in [6, 6.07) is 7.35. The Balaban J connectivity index is 1.81. The molecule has 1 aliphatic carbocycles. The molecule has 4 nitrogen and oxygen atoms in total. The standard InChI is InChI=1S/C22H16Cl2N2O2/c1-9-3-13-19(15(23)5-9)25-17-8-12-18(7-11(17)21(13)27)26-20-14(22(12)28)4-10(2)6-16(20)24/h3-6H,7-8H2,1-2H3,(H,25,27)(H,26,28). The van der Waals surface area contributed by atoms with Gasteiger partial charge in [-0.2, -0.15) is 0 Å². The molecule has 2 heterocycles. The van der Waals surface area contributed by atoms with Crippen LogP contribution in [0.25, 0.3) is 21.8 Å². The van der Waals surface area contributed by atoms with E-state index in [1.54, 1.807) is 0 Å². The van der Waals surface area contributed by atoms with Crippen LogP contribution in [0.2, 0.25) is 10.0 Å². The monoisotopic (exact) mass is 410 g/mol. The third-order valence-electron chi connectivity index (χ3n) is 5.49. The van der Waals surface area contributed by atoms with E-state index in [0.29, 0.717) is 55.8 Å². The molecule has 0 saturated heterocycles. The van der Waals surface area contributed by atoms with Gasteiger partial charge in [-0.3, -0.25) is 9.59 Å². The molecule has 1 aliphatic rings. The number of pyridine rings is 2. The number of aryl methyl sites for hydroxylation is 2. The van der Waals surface area contributed by atoms with Crippen LogP contribution in [-0.4, -0.2) is 9.97 Å². The van der Waals surface area contributed by atoms with Gasteiger partial charge in [-0.15, -0.1) is 0 Å². The van der Waals surface area contributed by atoms with Crippen molar-refractivity contribution >= 4 is 45.0 Å². The molecule has 28 heavy (non-hydrogen) atoms. The van der Waals surface area contributed by atoms with Crippen LogP contribution in [0.4, 0.5) is 0 Å². The number of aromatic nitrogens is 2. The molecule has 2 aromatic carbocycles. The number of halogens is 2. The molecule has 5 rings (SSSR count). The lowest BCUT2D eigenvalue weighted by Gasteiger charge is -2.21. The predicted octanol–water partition coefficient (Wildman–Crippen LogP) is 4.79. The molecule has 2 N–H and O–H groups in total. The summed E-state index contributed by atoms with van der Waals surface area (Å²) in [5, 5.41) is 2.17. The topological polar surface area (TPSA) is 65.7 Å². The number of nitrogens with one attached hydrogen (secondary N) is 2. The minimum Gasteiger partial charge on any atom is -0.356 e. The molecule has 0 spiro atoms. The van der Waals surface area contributed by atoms with Crippen molar-refractivity contribution in [1.82, 2.24) is 9.97 Å². The highest BCUT2D eigenvalue weighted by atomic mass is 35.5. The quantitative estimate of drug-likeness (QED) is 0.385. The summed E-state index contributed by atoms with van der Waals surface area (Å²) in [5.74, 6) is 0. The van der Waals surface area contributed by atoms with Gasteiger partial charge in [0.1, 0.15) is 0 Å². The molecule has 0 radical (unpaired) electrons. The van der Waals surface area contributed by atoms with Crippen molar-refractivity contribution in [2.45, 2.75) is 26.7 Å². The molecule has 0 bridgehead atoms.